The maximum absolute atomic E-state index is 12.2. The molecule has 0 fully saturated rings. The number of hydrogen-bond donors (Lipinski definition) is 3. The van der Waals surface area contributed by atoms with E-state index >= 15 is 0 Å². The van der Waals surface area contributed by atoms with Gasteiger partial charge in [0, 0.05) is 6.20 Å². The molecule has 2 rings (SSSR count). The lowest BCUT2D eigenvalue weighted by atomic mass is 10.0. The van der Waals surface area contributed by atoms with E-state index in [1.54, 1.807) is 6.92 Å². The van der Waals surface area contributed by atoms with Crippen molar-refractivity contribution >= 4 is 17.9 Å². The van der Waals surface area contributed by atoms with E-state index in [1.165, 1.54) is 12.3 Å². The number of amides is 1. The van der Waals surface area contributed by atoms with E-state index in [1.807, 2.05) is 60.7 Å². The van der Waals surface area contributed by atoms with E-state index in [0.29, 0.717) is 6.61 Å². The van der Waals surface area contributed by atoms with Crippen molar-refractivity contribution in [2.75, 3.05) is 13.2 Å². The molecule has 0 aliphatic rings. The molecule has 1 amide bonds. The molecule has 0 saturated heterocycles. The first-order valence-corrected chi connectivity index (χ1v) is 8.81. The fourth-order valence-corrected chi connectivity index (χ4v) is 2.37. The summed E-state index contributed by atoms with van der Waals surface area (Å²) in [5, 5.41) is 12.8. The van der Waals surface area contributed by atoms with Crippen LogP contribution in [0.2, 0.25) is 0 Å². The number of nitrogens with one attached hydrogen (secondary N) is 3. The lowest BCUT2D eigenvalue weighted by molar-refractivity contribution is -0.141. The third-order valence-corrected chi connectivity index (χ3v) is 3.59. The minimum absolute atomic E-state index is 0.0217. The van der Waals surface area contributed by atoms with Crippen LogP contribution in [-0.2, 0) is 14.3 Å². The average molecular weight is 381 g/mol. The lowest BCUT2D eigenvalue weighted by Gasteiger charge is -2.19. The van der Waals surface area contributed by atoms with Gasteiger partial charge in [-0.25, -0.2) is 4.79 Å². The topological polar surface area (TPSA) is 101 Å². The highest BCUT2D eigenvalue weighted by molar-refractivity contribution is 6.00. The second-order valence-electron chi connectivity index (χ2n) is 5.66. The molecule has 0 unspecified atom stereocenters. The van der Waals surface area contributed by atoms with Gasteiger partial charge in [-0.1, -0.05) is 60.7 Å². The number of esters is 1. The van der Waals surface area contributed by atoms with Gasteiger partial charge >= 0.3 is 12.1 Å². The molecule has 2 aromatic rings. The number of amidine groups is 1. The van der Waals surface area contributed by atoms with Gasteiger partial charge in [0.15, 0.2) is 6.10 Å². The van der Waals surface area contributed by atoms with Gasteiger partial charge in [-0.05, 0) is 24.1 Å². The zero-order chi connectivity index (χ0) is 20.2. The van der Waals surface area contributed by atoms with Gasteiger partial charge in [-0.3, -0.25) is 15.5 Å². The van der Waals surface area contributed by atoms with Crippen LogP contribution in [0.5, 0.6) is 0 Å². The van der Waals surface area contributed by atoms with Crippen molar-refractivity contribution < 1.29 is 19.1 Å². The Bertz CT molecular complexity index is 767. The Hall–Kier alpha value is -3.61. The van der Waals surface area contributed by atoms with Crippen LogP contribution in [0.3, 0.4) is 0 Å². The van der Waals surface area contributed by atoms with Crippen LogP contribution >= 0.6 is 0 Å². The van der Waals surface area contributed by atoms with Crippen molar-refractivity contribution in [1.82, 2.24) is 10.6 Å². The molecule has 0 spiro atoms. The van der Waals surface area contributed by atoms with Crippen molar-refractivity contribution in [3.05, 3.63) is 84.1 Å². The highest BCUT2D eigenvalue weighted by Crippen LogP contribution is 2.25. The van der Waals surface area contributed by atoms with E-state index in [9.17, 15) is 9.59 Å². The van der Waals surface area contributed by atoms with Gasteiger partial charge in [-0.15, -0.1) is 0 Å². The summed E-state index contributed by atoms with van der Waals surface area (Å²) in [6, 6.07) is 18.7. The number of carbonyl (C=O) groups excluding carboxylic acids is 2. The van der Waals surface area contributed by atoms with Crippen LogP contribution in [0.15, 0.2) is 72.9 Å². The Morgan fingerprint density at radius 1 is 1.04 bits per heavy atom. The highest BCUT2D eigenvalue weighted by atomic mass is 16.6. The Labute approximate surface area is 163 Å². The largest absolute Gasteiger partial charge is 0.465 e. The maximum atomic E-state index is 12.2. The number of ether oxygens (including phenoxy) is 2. The Kier molecular flexibility index (Phi) is 8.26. The van der Waals surface area contributed by atoms with Crippen molar-refractivity contribution in [1.29, 1.82) is 5.41 Å². The number of benzene rings is 2. The van der Waals surface area contributed by atoms with E-state index in [-0.39, 0.29) is 12.4 Å². The van der Waals surface area contributed by atoms with Crippen molar-refractivity contribution in [2.24, 2.45) is 0 Å². The molecule has 7 heteroatoms. The normalized spacial score (nSPS) is 10.5. The smallest absolute Gasteiger partial charge is 0.413 e. The van der Waals surface area contributed by atoms with Crippen molar-refractivity contribution in [3.8, 4) is 0 Å². The van der Waals surface area contributed by atoms with E-state index < -0.39 is 18.2 Å². The van der Waals surface area contributed by atoms with E-state index in [4.69, 9.17) is 14.9 Å². The Morgan fingerprint density at radius 2 is 1.61 bits per heavy atom. The molecule has 0 bridgehead atoms. The molecule has 2 aromatic carbocycles. The molecule has 146 valence electrons. The fourth-order valence-electron chi connectivity index (χ4n) is 2.37. The summed E-state index contributed by atoms with van der Waals surface area (Å²) < 4.78 is 10.3. The van der Waals surface area contributed by atoms with Crippen LogP contribution < -0.4 is 10.6 Å². The minimum Gasteiger partial charge on any atom is -0.465 e. The first kappa shape index (κ1) is 20.7. The third-order valence-electron chi connectivity index (χ3n) is 3.59. The molecule has 7 nitrogen and oxygen atoms in total. The van der Waals surface area contributed by atoms with Crippen molar-refractivity contribution in [3.63, 3.8) is 0 Å². The first-order valence-electron chi connectivity index (χ1n) is 8.81. The SMILES string of the molecule is CCOC(=O)CN/C=C\C(=N)NC(=O)OC(c1ccccc1)c1ccccc1. The molecule has 0 atom stereocenters. The molecule has 0 heterocycles. The Morgan fingerprint density at radius 3 is 2.14 bits per heavy atom. The van der Waals surface area contributed by atoms with Gasteiger partial charge in [0.2, 0.25) is 0 Å². The molecule has 0 radical (unpaired) electrons. The standard InChI is InChI=1S/C21H23N3O4/c1-2-27-19(25)15-23-14-13-18(22)24-21(26)28-20(16-9-5-3-6-10-16)17-11-7-4-8-12-17/h3-14,20,23H,2,15H2,1H3,(H2,22,24,26)/b14-13-. The molecular weight excluding hydrogens is 358 g/mol. The molecule has 28 heavy (non-hydrogen) atoms. The number of hydrogen-bond acceptors (Lipinski definition) is 6. The highest BCUT2D eigenvalue weighted by Gasteiger charge is 2.19. The lowest BCUT2D eigenvalue weighted by Crippen LogP contribution is -2.31. The molecule has 0 saturated carbocycles. The van der Waals surface area contributed by atoms with Gasteiger partial charge in [0.25, 0.3) is 0 Å². The summed E-state index contributed by atoms with van der Waals surface area (Å²) in [4.78, 5) is 23.4. The molecule has 3 N–H and O–H groups in total. The second kappa shape index (κ2) is 11.2. The zero-order valence-electron chi connectivity index (χ0n) is 15.6. The third kappa shape index (κ3) is 6.95. The molecule has 0 aliphatic carbocycles. The summed E-state index contributed by atoms with van der Waals surface area (Å²) >= 11 is 0. The predicted molar refractivity (Wildman–Crippen MR) is 106 cm³/mol. The summed E-state index contributed by atoms with van der Waals surface area (Å²) in [5.74, 6) is -0.583. The van der Waals surface area contributed by atoms with Crippen LogP contribution in [0.25, 0.3) is 0 Å². The summed E-state index contributed by atoms with van der Waals surface area (Å²) in [6.07, 6.45) is 1.34. The average Bonchev–Trinajstić information content (AvgIpc) is 2.71. The van der Waals surface area contributed by atoms with Crippen LogP contribution in [0.1, 0.15) is 24.2 Å². The summed E-state index contributed by atoms with van der Waals surface area (Å²) in [5.41, 5.74) is 1.64. The van der Waals surface area contributed by atoms with Gasteiger partial charge in [0.1, 0.15) is 12.4 Å². The quantitative estimate of drug-likeness (QED) is 0.370. The Balaban J connectivity index is 1.93. The van der Waals surface area contributed by atoms with Crippen LogP contribution in [0.4, 0.5) is 4.79 Å². The predicted octanol–water partition coefficient (Wildman–Crippen LogP) is 3.15. The zero-order valence-corrected chi connectivity index (χ0v) is 15.6. The number of rotatable bonds is 8. The second-order valence-corrected chi connectivity index (χ2v) is 5.66. The summed E-state index contributed by atoms with van der Waals surface area (Å²) in [6.45, 7) is 2.00. The number of carbonyl (C=O) groups is 2. The summed E-state index contributed by atoms with van der Waals surface area (Å²) in [7, 11) is 0. The molecular formula is C21H23N3O4. The minimum atomic E-state index is -0.752. The van der Waals surface area contributed by atoms with Gasteiger partial charge < -0.3 is 14.8 Å². The maximum Gasteiger partial charge on any atom is 0.413 e. The van der Waals surface area contributed by atoms with E-state index in [2.05, 4.69) is 10.6 Å². The molecule has 0 aromatic heterocycles. The van der Waals surface area contributed by atoms with Gasteiger partial charge in [0.05, 0.1) is 6.61 Å². The molecule has 0 aliphatic heterocycles. The van der Waals surface area contributed by atoms with Crippen LogP contribution in [0, 0.1) is 5.41 Å². The number of alkyl carbamates (subject to hydrolysis) is 1. The first-order chi connectivity index (χ1) is 13.6. The fraction of sp³-hybridized carbons (Fsp3) is 0.190. The monoisotopic (exact) mass is 381 g/mol. The van der Waals surface area contributed by atoms with Crippen molar-refractivity contribution in [2.45, 2.75) is 13.0 Å². The van der Waals surface area contributed by atoms with E-state index in [0.717, 1.165) is 11.1 Å². The van der Waals surface area contributed by atoms with Crippen LogP contribution in [-0.4, -0.2) is 31.0 Å². The van der Waals surface area contributed by atoms with Gasteiger partial charge in [-0.2, -0.15) is 0 Å².